The van der Waals surface area contributed by atoms with Gasteiger partial charge in [0.2, 0.25) is 5.91 Å². The number of likely N-dealkylation sites (N-methyl/N-ethyl adjacent to an activating group) is 1. The Kier molecular flexibility index (Phi) is 37.8. The molecular weight excluding hydrogens is 1990 g/mol. The lowest BCUT2D eigenvalue weighted by Gasteiger charge is -2.26. The van der Waals surface area contributed by atoms with Crippen molar-refractivity contribution in [2.45, 2.75) is 218 Å². The fourth-order valence-electron chi connectivity index (χ4n) is 16.5. The maximum Gasteiger partial charge on any atom is 0.333 e. The van der Waals surface area contributed by atoms with Gasteiger partial charge in [-0.15, -0.1) is 19.2 Å². The molecule has 0 saturated heterocycles. The molecule has 148 heavy (non-hydrogen) atoms. The van der Waals surface area contributed by atoms with E-state index in [4.69, 9.17) is 18.9 Å². The minimum absolute atomic E-state index is 0. The molecule has 0 fully saturated rings. The number of methoxy groups -OCH3 is 4. The number of aryl methyl sites for hydroxylation is 4. The molecule has 4 aromatic carbocycles. The van der Waals surface area contributed by atoms with Gasteiger partial charge in [0.1, 0.15) is 98.8 Å². The van der Waals surface area contributed by atoms with Crippen LogP contribution in [0.4, 0.5) is 0 Å². The van der Waals surface area contributed by atoms with Crippen molar-refractivity contribution < 1.29 is 63.7 Å². The molecule has 0 radical (unpaired) electrons. The number of aromatic nitrogens is 20. The Balaban J connectivity index is 0.000000184. The number of aliphatic carboxylic acids is 1. The Morgan fingerprint density at radius 3 is 0.764 bits per heavy atom. The number of amides is 1. The Hall–Kier alpha value is -14.7. The first-order valence-electron chi connectivity index (χ1n) is 47.0. The topological polar surface area (TPSA) is 520 Å². The van der Waals surface area contributed by atoms with Crippen molar-refractivity contribution in [2.75, 3.05) is 42.5 Å². The van der Waals surface area contributed by atoms with E-state index >= 15 is 0 Å². The van der Waals surface area contributed by atoms with Gasteiger partial charge in [-0.05, 0) is 112 Å². The highest BCUT2D eigenvalue weighted by atomic mass is 32.1. The Labute approximate surface area is 864 Å². The van der Waals surface area contributed by atoms with Crippen molar-refractivity contribution in [3.8, 4) is 43.0 Å². The minimum Gasteiger partial charge on any atom is -0.496 e. The van der Waals surface area contributed by atoms with E-state index in [1.165, 1.54) is 168 Å². The zero-order valence-electron chi connectivity index (χ0n) is 85.3. The van der Waals surface area contributed by atoms with Crippen LogP contribution in [-0.2, 0) is 45.4 Å². The van der Waals surface area contributed by atoms with Gasteiger partial charge in [-0.1, -0.05) is 167 Å². The molecule has 12 heterocycles. The monoisotopic (exact) mass is 2110 g/mol. The quantitative estimate of drug-likeness (QED) is 0.0218. The van der Waals surface area contributed by atoms with Crippen LogP contribution in [0.5, 0.6) is 23.0 Å². The number of fused-ring (bicyclic) bond motifs is 4. The Morgan fingerprint density at radius 1 is 0.358 bits per heavy atom. The molecule has 6 N–H and O–H groups in total. The van der Waals surface area contributed by atoms with Gasteiger partial charge in [-0.25, -0.2) is 42.2 Å². The number of benzene rings is 4. The van der Waals surface area contributed by atoms with E-state index in [9.17, 15) is 83.1 Å². The van der Waals surface area contributed by atoms with Crippen molar-refractivity contribution in [3.05, 3.63) is 274 Å². The number of ketones is 2. The maximum absolute atomic E-state index is 13.9. The molecule has 8 atom stereocenters. The van der Waals surface area contributed by atoms with E-state index in [-0.39, 0.29) is 97.4 Å². The molecular formula is C101H124N22O21S4. The number of hydrogen-bond donors (Lipinski definition) is 6. The second-order valence-electron chi connectivity index (χ2n) is 36.1. The molecule has 16 aromatic rings. The number of thiophene rings is 4. The van der Waals surface area contributed by atoms with Gasteiger partial charge in [-0.2, -0.15) is 40.8 Å². The summed E-state index contributed by atoms with van der Waals surface area (Å²) in [4.78, 5) is 168. The SMILES string of the molecule is C.CNC(C)C.COc1ccccc1[C@@H](O)Cn1c(=O)n(C(C)C(=O)N(C)C(C)C)c(=O)c2c(C)c(-n3nccn3)sc21.COc1ccccc1[C@@H](O)Cn1c(=O)n(C(C)C(=O)O)c(=O)c2c(C)c(-n3nccn3)sc21.COc1ccccc1[C@@H](O)Cn1c(=O)n([C@@H](C)C(=O)CC(C)C)c(=O)c2c(C)c(-n3nccn3)sc21.COc1ccccc1[C@@H](O)Cn1c(=O)n([C@H](C)C(=O)CC(C)C)c(=O)c2c(C)c(-n3nccn3)sc21. The normalized spacial score (nSPS) is 13.0. The van der Waals surface area contributed by atoms with Crippen molar-refractivity contribution in [2.24, 2.45) is 11.8 Å². The van der Waals surface area contributed by atoms with Crippen LogP contribution in [0.2, 0.25) is 0 Å². The van der Waals surface area contributed by atoms with Crippen molar-refractivity contribution in [3.63, 3.8) is 0 Å². The second-order valence-corrected chi connectivity index (χ2v) is 40.0. The zero-order valence-corrected chi connectivity index (χ0v) is 88.6. The maximum atomic E-state index is 13.9. The van der Waals surface area contributed by atoms with Gasteiger partial charge in [0.05, 0.1) is 138 Å². The molecule has 0 spiro atoms. The van der Waals surface area contributed by atoms with Crippen LogP contribution < -0.4 is 69.3 Å². The first kappa shape index (κ1) is 114. The molecule has 0 aliphatic carbocycles. The Bertz CT molecular complexity index is 7720. The predicted octanol–water partition coefficient (Wildman–Crippen LogP) is 11.1. The number of nitrogens with one attached hydrogen (secondary N) is 1. The molecule has 12 aromatic heterocycles. The summed E-state index contributed by atoms with van der Waals surface area (Å²) in [6.07, 6.45) is 8.04. The number of Topliss-reactive ketones (excluding diaryl/α,β-unsaturated/α-hetero) is 2. The highest BCUT2D eigenvalue weighted by Gasteiger charge is 2.36. The fraction of sp³-hybridized carbons (Fsp3) is 0.406. The highest BCUT2D eigenvalue weighted by Crippen LogP contribution is 2.39. The average Bonchev–Trinajstić information content (AvgIpc) is 1.58. The summed E-state index contributed by atoms with van der Waals surface area (Å²) < 4.78 is 30.4. The van der Waals surface area contributed by atoms with E-state index in [2.05, 4.69) is 60.0 Å². The third-order valence-electron chi connectivity index (χ3n) is 24.8. The number of hydrogen-bond acceptors (Lipinski definition) is 33. The fourth-order valence-corrected chi connectivity index (χ4v) is 21.4. The number of aliphatic hydroxyl groups is 4. The lowest BCUT2D eigenvalue weighted by molar-refractivity contribution is -0.140. The standard InChI is InChI=1S/C25H30N6O5S.2C25H29N5O5S.C21H21N5O6S.C4H11N.CH4/c1-14(2)28(5)21(33)16(4)30-22(34)20-15(3)23(31-26-11-12-27-31)37-24(20)29(25(30)35)13-18(32)17-9-7-8-10-19(17)36-6;2*1-14(2)12-18(31)16(4)29-22(33)21-15(3)23(30-26-10-11-27-30)36-24(21)28(25(29)34)13-19(32)17-8-6-7-9-20(17)35-5;1-11-16-17(28)25(12(2)20(29)30)21(31)24(19(16)33-18(11)26-22-8-9-23-26)10-14(27)13-6-4-5-7-15(13)32-3;1-4(2)5-3;/h7-12,14,16,18,32H,13H2,1-6H3;2*6-11,14,16,19,32H,12-13H2,1-5H3;4-9,12,14,27H,10H2,1-3H3,(H,29,30);4-5H,1-3H3;1H4/t16?,18-;16-,19+;16-,19-;12?,14-;;/m0100../s1. The molecule has 16 rings (SSSR count). The molecule has 788 valence electrons. The van der Waals surface area contributed by atoms with Gasteiger partial charge >= 0.3 is 28.7 Å². The minimum atomic E-state index is -1.41. The largest absolute Gasteiger partial charge is 0.496 e. The summed E-state index contributed by atoms with van der Waals surface area (Å²) in [6.45, 7) is 27.8. The van der Waals surface area contributed by atoms with E-state index in [1.807, 2.05) is 48.6 Å². The number of aliphatic hydroxyl groups excluding tert-OH is 4. The van der Waals surface area contributed by atoms with Crippen molar-refractivity contribution >= 4 is 110 Å². The third kappa shape index (κ3) is 23.6. The summed E-state index contributed by atoms with van der Waals surface area (Å²) in [5.74, 6) is -0.0878. The summed E-state index contributed by atoms with van der Waals surface area (Å²) in [5, 5.41) is 93.5. The van der Waals surface area contributed by atoms with Gasteiger partial charge in [0.15, 0.2) is 11.6 Å². The van der Waals surface area contributed by atoms with Crippen LogP contribution >= 0.6 is 45.3 Å². The van der Waals surface area contributed by atoms with Gasteiger partial charge in [0, 0.05) is 76.5 Å². The van der Waals surface area contributed by atoms with Crippen LogP contribution in [0.15, 0.2) is 185 Å². The van der Waals surface area contributed by atoms with Crippen LogP contribution in [0.1, 0.15) is 196 Å². The van der Waals surface area contributed by atoms with Gasteiger partial charge < -0.3 is 54.7 Å². The number of carboxylic acid groups (broad SMARTS) is 1. The number of carbonyl (C=O) groups is 4. The predicted molar refractivity (Wildman–Crippen MR) is 566 cm³/mol. The van der Waals surface area contributed by atoms with E-state index in [0.29, 0.717) is 123 Å². The number of ether oxygens (including phenoxy) is 4. The van der Waals surface area contributed by atoms with Gasteiger partial charge in [0.25, 0.3) is 22.2 Å². The zero-order chi connectivity index (χ0) is 107. The smallest absolute Gasteiger partial charge is 0.333 e. The summed E-state index contributed by atoms with van der Waals surface area (Å²) >= 11 is 4.65. The molecule has 47 heteroatoms. The van der Waals surface area contributed by atoms with Crippen LogP contribution in [0.25, 0.3) is 60.9 Å². The molecule has 0 aliphatic heterocycles. The third-order valence-corrected chi connectivity index (χ3v) is 29.9. The van der Waals surface area contributed by atoms with E-state index < -0.39 is 99.5 Å². The van der Waals surface area contributed by atoms with E-state index in [0.717, 1.165) is 25.0 Å². The molecule has 0 saturated carbocycles. The number of carboxylic acids is 1. The summed E-state index contributed by atoms with van der Waals surface area (Å²) in [5.41, 5.74) is -1.02. The molecule has 0 aliphatic rings. The molecule has 2 unspecified atom stereocenters. The van der Waals surface area contributed by atoms with E-state index in [1.54, 1.807) is 146 Å². The second kappa shape index (κ2) is 49.2. The van der Waals surface area contributed by atoms with Crippen molar-refractivity contribution in [1.29, 1.82) is 0 Å². The molecule has 43 nitrogen and oxygen atoms in total. The first-order valence-corrected chi connectivity index (χ1v) is 50.2. The van der Waals surface area contributed by atoms with Crippen molar-refractivity contribution in [1.82, 2.24) is 107 Å². The van der Waals surface area contributed by atoms with Crippen LogP contribution in [0, 0.1) is 39.5 Å². The number of rotatable bonds is 34. The number of nitrogens with zero attached hydrogens (tertiary/aromatic N) is 21. The molecule has 0 bridgehead atoms. The number of carbonyl (C=O) groups excluding carboxylic acids is 3. The van der Waals surface area contributed by atoms with Crippen LogP contribution in [0.3, 0.4) is 0 Å². The summed E-state index contributed by atoms with van der Waals surface area (Å²) in [7, 11) is 9.56. The van der Waals surface area contributed by atoms with Gasteiger partial charge in [-0.3, -0.25) is 51.8 Å². The highest BCUT2D eigenvalue weighted by molar-refractivity contribution is 7.22. The molecule has 1 amide bonds. The average molecular weight is 2110 g/mol. The lowest BCUT2D eigenvalue weighted by atomic mass is 10.0. The number of para-hydroxylation sites is 4. The Morgan fingerprint density at radius 2 is 0.568 bits per heavy atom. The first-order chi connectivity index (χ1) is 69.9. The lowest BCUT2D eigenvalue weighted by Crippen LogP contribution is -2.47. The summed E-state index contributed by atoms with van der Waals surface area (Å²) in [6, 6.07) is 23.9. The van der Waals surface area contributed by atoms with Crippen LogP contribution in [-0.4, -0.2) is 205 Å².